The van der Waals surface area contributed by atoms with Gasteiger partial charge in [-0.1, -0.05) is 200 Å². The zero-order chi connectivity index (χ0) is 42.9. The normalized spacial score (nSPS) is 11.5. The number of para-hydroxylation sites is 2. The molecule has 11 aromatic rings. The fourth-order valence-corrected chi connectivity index (χ4v) is 9.73. The first-order valence-electron chi connectivity index (χ1n) is 21.8. The zero-order valence-corrected chi connectivity index (χ0v) is 35.1. The Morgan fingerprint density at radius 2 is 0.859 bits per heavy atom. The second-order valence-electron chi connectivity index (χ2n) is 16.2. The van der Waals surface area contributed by atoms with Crippen molar-refractivity contribution in [1.82, 2.24) is 4.57 Å². The highest BCUT2D eigenvalue weighted by atomic mass is 19.1. The van der Waals surface area contributed by atoms with Crippen LogP contribution in [0.4, 0.5) is 21.5 Å². The molecule has 64 heavy (non-hydrogen) atoms. The van der Waals surface area contributed by atoms with Crippen LogP contribution >= 0.6 is 0 Å². The summed E-state index contributed by atoms with van der Waals surface area (Å²) in [5, 5.41) is 2.28. The average Bonchev–Trinajstić information content (AvgIpc) is 3.70. The molecule has 0 amide bonds. The molecule has 3 heteroatoms. The van der Waals surface area contributed by atoms with Crippen LogP contribution in [0.3, 0.4) is 0 Å². The van der Waals surface area contributed by atoms with E-state index in [2.05, 4.69) is 246 Å². The minimum absolute atomic E-state index is 0.258. The summed E-state index contributed by atoms with van der Waals surface area (Å²) in [6, 6.07) is 91.8. The fourth-order valence-electron chi connectivity index (χ4n) is 9.73. The summed E-state index contributed by atoms with van der Waals surface area (Å²) in [6.45, 7) is 0. The summed E-state index contributed by atoms with van der Waals surface area (Å²) < 4.78 is 16.5. The van der Waals surface area contributed by atoms with Crippen molar-refractivity contribution in [1.29, 1.82) is 0 Å². The van der Waals surface area contributed by atoms with Gasteiger partial charge in [0.25, 0.3) is 0 Å². The van der Waals surface area contributed by atoms with Crippen LogP contribution in [0.25, 0.3) is 49.7 Å². The first-order valence-corrected chi connectivity index (χ1v) is 21.8. The average molecular weight is 823 g/mol. The van der Waals surface area contributed by atoms with Crippen molar-refractivity contribution in [2.24, 2.45) is 0 Å². The highest BCUT2D eigenvalue weighted by Crippen LogP contribution is 2.47. The Morgan fingerprint density at radius 3 is 1.52 bits per heavy atom. The molecule has 11 rings (SSSR count). The SMILES string of the molecule is Fc1ccc(-n2c3ccccc3c3ccc(N(c4cccc(-c5ccc(C(c6ccccc6)(c6ccccc6)c6ccccc6)cc5)c4)c4ccccc4-c4ccccc4)cc32)cc1. The van der Waals surface area contributed by atoms with Gasteiger partial charge in [-0.3, -0.25) is 0 Å². The van der Waals surface area contributed by atoms with Crippen molar-refractivity contribution in [3.05, 3.63) is 289 Å². The van der Waals surface area contributed by atoms with Crippen molar-refractivity contribution in [2.45, 2.75) is 5.41 Å². The summed E-state index contributed by atoms with van der Waals surface area (Å²) in [7, 11) is 0. The number of nitrogens with zero attached hydrogens (tertiary/aromatic N) is 2. The smallest absolute Gasteiger partial charge is 0.123 e. The number of aromatic nitrogens is 1. The summed E-state index contributed by atoms with van der Waals surface area (Å²) in [5.74, 6) is -0.258. The van der Waals surface area contributed by atoms with Crippen molar-refractivity contribution < 1.29 is 4.39 Å². The quantitative estimate of drug-likeness (QED) is 0.125. The van der Waals surface area contributed by atoms with Crippen LogP contribution in [0.1, 0.15) is 22.3 Å². The van der Waals surface area contributed by atoms with E-state index in [0.29, 0.717) is 0 Å². The van der Waals surface area contributed by atoms with Crippen molar-refractivity contribution in [3.8, 4) is 27.9 Å². The van der Waals surface area contributed by atoms with Crippen LogP contribution in [-0.4, -0.2) is 4.57 Å². The van der Waals surface area contributed by atoms with Crippen molar-refractivity contribution in [2.75, 3.05) is 4.90 Å². The van der Waals surface area contributed by atoms with Gasteiger partial charge in [-0.05, 0) is 99.6 Å². The lowest BCUT2D eigenvalue weighted by Crippen LogP contribution is -2.30. The van der Waals surface area contributed by atoms with Crippen LogP contribution in [0.2, 0.25) is 0 Å². The topological polar surface area (TPSA) is 8.17 Å². The lowest BCUT2D eigenvalue weighted by molar-refractivity contribution is 0.627. The maximum Gasteiger partial charge on any atom is 0.123 e. The monoisotopic (exact) mass is 822 g/mol. The number of hydrogen-bond acceptors (Lipinski definition) is 1. The second kappa shape index (κ2) is 16.5. The van der Waals surface area contributed by atoms with E-state index in [1.54, 1.807) is 0 Å². The molecular formula is C61H43FN2. The molecule has 0 fully saturated rings. The largest absolute Gasteiger partial charge is 0.310 e. The molecule has 2 nitrogen and oxygen atoms in total. The number of hydrogen-bond donors (Lipinski definition) is 0. The Labute approximate surface area is 373 Å². The van der Waals surface area contributed by atoms with Crippen LogP contribution in [0.15, 0.2) is 261 Å². The van der Waals surface area contributed by atoms with Gasteiger partial charge in [0.05, 0.1) is 22.1 Å². The van der Waals surface area contributed by atoms with E-state index < -0.39 is 5.41 Å². The Balaban J connectivity index is 1.08. The Kier molecular flexibility index (Phi) is 9.99. The number of fused-ring (bicyclic) bond motifs is 3. The summed E-state index contributed by atoms with van der Waals surface area (Å²) in [4.78, 5) is 2.37. The van der Waals surface area contributed by atoms with Gasteiger partial charge in [0.15, 0.2) is 0 Å². The van der Waals surface area contributed by atoms with E-state index in [1.807, 2.05) is 12.1 Å². The molecular weight excluding hydrogens is 780 g/mol. The zero-order valence-electron chi connectivity index (χ0n) is 35.1. The third-order valence-electron chi connectivity index (χ3n) is 12.6. The maximum absolute atomic E-state index is 14.3. The molecule has 0 atom stereocenters. The van der Waals surface area contributed by atoms with Crippen LogP contribution in [0.5, 0.6) is 0 Å². The predicted octanol–water partition coefficient (Wildman–Crippen LogP) is 16.1. The third kappa shape index (κ3) is 6.75. The van der Waals surface area contributed by atoms with Gasteiger partial charge < -0.3 is 9.47 Å². The number of anilines is 3. The van der Waals surface area contributed by atoms with Crippen molar-refractivity contribution in [3.63, 3.8) is 0 Å². The van der Waals surface area contributed by atoms with Gasteiger partial charge >= 0.3 is 0 Å². The van der Waals surface area contributed by atoms with Crippen LogP contribution < -0.4 is 4.90 Å². The molecule has 0 unspecified atom stereocenters. The number of rotatable bonds is 10. The van der Waals surface area contributed by atoms with E-state index in [4.69, 9.17) is 0 Å². The molecule has 1 aromatic heterocycles. The van der Waals surface area contributed by atoms with Gasteiger partial charge in [0.2, 0.25) is 0 Å². The van der Waals surface area contributed by atoms with Gasteiger partial charge in [-0.2, -0.15) is 0 Å². The van der Waals surface area contributed by atoms with Crippen LogP contribution in [-0.2, 0) is 5.41 Å². The highest BCUT2D eigenvalue weighted by Gasteiger charge is 2.38. The predicted molar refractivity (Wildman–Crippen MR) is 265 cm³/mol. The number of halogens is 1. The molecule has 0 radical (unpaired) electrons. The Bertz CT molecular complexity index is 3260. The molecule has 0 spiro atoms. The Hall–Kier alpha value is -8.27. The van der Waals surface area contributed by atoms with E-state index in [0.717, 1.165) is 66.8 Å². The van der Waals surface area contributed by atoms with Gasteiger partial charge in [-0.15, -0.1) is 0 Å². The highest BCUT2D eigenvalue weighted by molar-refractivity contribution is 6.10. The molecule has 10 aromatic carbocycles. The minimum Gasteiger partial charge on any atom is -0.310 e. The van der Waals surface area contributed by atoms with E-state index in [1.165, 1.54) is 34.4 Å². The molecule has 0 bridgehead atoms. The first kappa shape index (κ1) is 38.6. The molecule has 0 aliphatic rings. The fraction of sp³-hybridized carbons (Fsp3) is 0.0164. The van der Waals surface area contributed by atoms with Crippen LogP contribution in [0, 0.1) is 5.82 Å². The molecule has 0 aliphatic carbocycles. The molecule has 0 aliphatic heterocycles. The van der Waals surface area contributed by atoms with E-state index in [-0.39, 0.29) is 5.82 Å². The standard InChI is InChI=1S/C61H43FN2/c62-51-36-38-52(39-37-51)64-59-31-16-14-29-56(59)57-41-40-54(43-60(57)64)63(58-30-15-13-28-55(58)45-18-5-1-6-19-45)53-27-17-20-46(42-53)44-32-34-50(35-33-44)61(47-21-7-2-8-22-47,48-23-9-3-10-24-48)49-25-11-4-12-26-49/h1-43H. The van der Waals surface area contributed by atoms with Gasteiger partial charge in [0.1, 0.15) is 5.82 Å². The first-order chi connectivity index (χ1) is 31.7. The molecule has 304 valence electrons. The van der Waals surface area contributed by atoms with Crippen molar-refractivity contribution >= 4 is 38.9 Å². The number of benzene rings is 10. The summed E-state index contributed by atoms with van der Waals surface area (Å²) in [5.41, 5.74) is 14.9. The van der Waals surface area contributed by atoms with E-state index in [9.17, 15) is 4.39 Å². The molecule has 0 saturated heterocycles. The Morgan fingerprint density at radius 1 is 0.344 bits per heavy atom. The van der Waals surface area contributed by atoms with Gasteiger partial charge in [-0.25, -0.2) is 4.39 Å². The summed E-state index contributed by atoms with van der Waals surface area (Å²) >= 11 is 0. The summed E-state index contributed by atoms with van der Waals surface area (Å²) in [6.07, 6.45) is 0. The molecule has 0 N–H and O–H groups in total. The lowest BCUT2D eigenvalue weighted by atomic mass is 9.65. The maximum atomic E-state index is 14.3. The lowest BCUT2D eigenvalue weighted by Gasteiger charge is -2.37. The molecule has 1 heterocycles. The van der Waals surface area contributed by atoms with Gasteiger partial charge in [0, 0.05) is 33.4 Å². The molecule has 0 saturated carbocycles. The minimum atomic E-state index is -0.531. The second-order valence-corrected chi connectivity index (χ2v) is 16.2. The third-order valence-corrected chi connectivity index (χ3v) is 12.6. The van der Waals surface area contributed by atoms with E-state index >= 15 is 0 Å².